The van der Waals surface area contributed by atoms with E-state index in [1.807, 2.05) is 0 Å². The van der Waals surface area contributed by atoms with Gasteiger partial charge in [0.05, 0.1) is 0 Å². The molecule has 0 aromatic heterocycles. The fraction of sp³-hybridized carbons (Fsp3) is 0.857. The minimum atomic E-state index is -0.0302. The van der Waals surface area contributed by atoms with Crippen molar-refractivity contribution >= 4 is 8.05 Å². The fourth-order valence-electron chi connectivity index (χ4n) is 2.08. The van der Waals surface area contributed by atoms with Crippen LogP contribution >= 0.6 is 0 Å². The topological polar surface area (TPSA) is 9.23 Å². The van der Waals surface area contributed by atoms with Crippen molar-refractivity contribution in [1.82, 2.24) is 0 Å². The van der Waals surface area contributed by atoms with Crippen LogP contribution in [0, 0.1) is 23.2 Å². The molecule has 16 heavy (non-hydrogen) atoms. The molecule has 0 aromatic carbocycles. The molecule has 2 heteroatoms. The zero-order valence-electron chi connectivity index (χ0n) is 12.1. The molecule has 0 saturated carbocycles. The van der Waals surface area contributed by atoms with Gasteiger partial charge < -0.3 is 4.65 Å². The van der Waals surface area contributed by atoms with Gasteiger partial charge in [0.1, 0.15) is 0 Å². The molecule has 0 aromatic rings. The largest absolute Gasteiger partial charge is 0.439 e. The molecule has 0 fully saturated rings. The molecule has 92 valence electrons. The van der Waals surface area contributed by atoms with Gasteiger partial charge in [-0.05, 0) is 52.4 Å². The highest BCUT2D eigenvalue weighted by Crippen LogP contribution is 2.38. The van der Waals surface area contributed by atoms with Crippen LogP contribution in [-0.2, 0) is 4.65 Å². The van der Waals surface area contributed by atoms with Gasteiger partial charge in [0.25, 0.3) is 8.05 Å². The monoisotopic (exact) mass is 222 g/mol. The highest BCUT2D eigenvalue weighted by Gasteiger charge is 2.29. The second-order valence-electron chi connectivity index (χ2n) is 6.83. The van der Waals surface area contributed by atoms with Gasteiger partial charge in [0.2, 0.25) is 0 Å². The summed E-state index contributed by atoms with van der Waals surface area (Å²) in [4.78, 5) is 0. The van der Waals surface area contributed by atoms with Crippen molar-refractivity contribution in [2.75, 3.05) is 0 Å². The van der Waals surface area contributed by atoms with Crippen molar-refractivity contribution in [2.45, 2.75) is 66.4 Å². The van der Waals surface area contributed by atoms with Gasteiger partial charge in [-0.2, -0.15) is 0 Å². The van der Waals surface area contributed by atoms with Gasteiger partial charge in [-0.25, -0.2) is 0 Å². The molecule has 0 aliphatic heterocycles. The minimum Gasteiger partial charge on any atom is -0.439 e. The van der Waals surface area contributed by atoms with Gasteiger partial charge in [-0.3, -0.25) is 0 Å². The van der Waals surface area contributed by atoms with Crippen molar-refractivity contribution in [1.29, 1.82) is 0 Å². The zero-order chi connectivity index (χ0) is 13.0. The Morgan fingerprint density at radius 1 is 1.06 bits per heavy atom. The fourth-order valence-corrected chi connectivity index (χ4v) is 2.08. The Balaban J connectivity index is 4.33. The van der Waals surface area contributed by atoms with E-state index in [0.29, 0.717) is 0 Å². The van der Waals surface area contributed by atoms with E-state index in [2.05, 4.69) is 47.5 Å². The number of hydrogen-bond donors (Lipinski definition) is 0. The summed E-state index contributed by atoms with van der Waals surface area (Å²) in [6.07, 6.45) is 8.80. The molecule has 0 aliphatic rings. The molecule has 0 bridgehead atoms. The standard InChI is InChI=1S/C14H27BO/c1-8-12(2,3)11-13(4,5)9-10-14(6,7)16-15/h1H,9-11,15H2,2-7H3. The van der Waals surface area contributed by atoms with Crippen LogP contribution in [0.15, 0.2) is 0 Å². The molecule has 0 N–H and O–H groups in total. The third-order valence-corrected chi connectivity index (χ3v) is 3.27. The molecular weight excluding hydrogens is 195 g/mol. The lowest BCUT2D eigenvalue weighted by molar-refractivity contribution is 0.0862. The second kappa shape index (κ2) is 5.28. The van der Waals surface area contributed by atoms with Gasteiger partial charge in [-0.1, -0.05) is 13.8 Å². The molecule has 0 atom stereocenters. The number of hydrogen-bond acceptors (Lipinski definition) is 1. The molecule has 0 saturated heterocycles. The molecule has 0 aliphatic carbocycles. The maximum atomic E-state index is 5.55. The van der Waals surface area contributed by atoms with Crippen LogP contribution in [-0.4, -0.2) is 13.7 Å². The first-order valence-electron chi connectivity index (χ1n) is 6.07. The Labute approximate surface area is 103 Å². The van der Waals surface area contributed by atoms with E-state index in [4.69, 9.17) is 11.1 Å². The zero-order valence-corrected chi connectivity index (χ0v) is 12.1. The highest BCUT2D eigenvalue weighted by atomic mass is 16.4. The summed E-state index contributed by atoms with van der Waals surface area (Å²) in [5.74, 6) is 2.88. The maximum Gasteiger partial charge on any atom is 0.258 e. The lowest BCUT2D eigenvalue weighted by atomic mass is 9.72. The Morgan fingerprint density at radius 3 is 1.94 bits per heavy atom. The Morgan fingerprint density at radius 2 is 1.56 bits per heavy atom. The van der Waals surface area contributed by atoms with E-state index in [1.54, 1.807) is 8.05 Å². The molecule has 1 nitrogen and oxygen atoms in total. The van der Waals surface area contributed by atoms with E-state index in [9.17, 15) is 0 Å². The van der Waals surface area contributed by atoms with Crippen molar-refractivity contribution < 1.29 is 4.65 Å². The predicted octanol–water partition coefficient (Wildman–Crippen LogP) is 3.19. The van der Waals surface area contributed by atoms with Gasteiger partial charge in [0, 0.05) is 11.0 Å². The van der Waals surface area contributed by atoms with Crippen LogP contribution in [0.2, 0.25) is 0 Å². The van der Waals surface area contributed by atoms with Gasteiger partial charge >= 0.3 is 0 Å². The van der Waals surface area contributed by atoms with Crippen LogP contribution in [0.1, 0.15) is 60.8 Å². The third-order valence-electron chi connectivity index (χ3n) is 3.27. The molecule has 0 heterocycles. The van der Waals surface area contributed by atoms with Crippen LogP contribution < -0.4 is 0 Å². The quantitative estimate of drug-likeness (QED) is 0.495. The summed E-state index contributed by atoms with van der Waals surface area (Å²) < 4.78 is 5.45. The SMILES string of the molecule is BOC(C)(C)CCC(C)(C)CC(C)(C)C#C. The second-order valence-corrected chi connectivity index (χ2v) is 6.83. The summed E-state index contributed by atoms with van der Waals surface area (Å²) in [7, 11) is 1.78. The average molecular weight is 222 g/mol. The van der Waals surface area contributed by atoms with Crippen LogP contribution in [0.5, 0.6) is 0 Å². The minimum absolute atomic E-state index is 0.0132. The van der Waals surface area contributed by atoms with Crippen molar-refractivity contribution in [3.63, 3.8) is 0 Å². The van der Waals surface area contributed by atoms with Gasteiger partial charge in [0.15, 0.2) is 0 Å². The van der Waals surface area contributed by atoms with E-state index in [1.165, 1.54) is 0 Å². The Bertz CT molecular complexity index is 258. The maximum absolute atomic E-state index is 5.55. The summed E-state index contributed by atoms with van der Waals surface area (Å²) in [6, 6.07) is 0. The van der Waals surface area contributed by atoms with E-state index >= 15 is 0 Å². The summed E-state index contributed by atoms with van der Waals surface area (Å²) >= 11 is 0. The third kappa shape index (κ3) is 6.23. The first kappa shape index (κ1) is 15.6. The number of terminal acetylenes is 1. The molecule has 0 unspecified atom stereocenters. The Hall–Kier alpha value is -0.415. The first-order valence-corrected chi connectivity index (χ1v) is 6.07. The first-order chi connectivity index (χ1) is 7.04. The molecule has 0 rings (SSSR count). The van der Waals surface area contributed by atoms with Crippen LogP contribution in [0.4, 0.5) is 0 Å². The Kier molecular flexibility index (Phi) is 5.14. The molecule has 0 amide bonds. The lowest BCUT2D eigenvalue weighted by Gasteiger charge is -2.35. The smallest absolute Gasteiger partial charge is 0.258 e. The van der Waals surface area contributed by atoms with E-state index in [-0.39, 0.29) is 16.4 Å². The van der Waals surface area contributed by atoms with E-state index < -0.39 is 0 Å². The number of rotatable bonds is 6. The summed E-state index contributed by atoms with van der Waals surface area (Å²) in [6.45, 7) is 13.1. The van der Waals surface area contributed by atoms with E-state index in [0.717, 1.165) is 19.3 Å². The van der Waals surface area contributed by atoms with Crippen molar-refractivity contribution in [3.05, 3.63) is 0 Å². The average Bonchev–Trinajstić information content (AvgIpc) is 2.14. The van der Waals surface area contributed by atoms with Crippen LogP contribution in [0.3, 0.4) is 0 Å². The predicted molar refractivity (Wildman–Crippen MR) is 74.0 cm³/mol. The molecule has 0 spiro atoms. The van der Waals surface area contributed by atoms with Crippen molar-refractivity contribution in [3.8, 4) is 12.3 Å². The molecule has 0 radical (unpaired) electrons. The summed E-state index contributed by atoms with van der Waals surface area (Å²) in [5, 5.41) is 0. The summed E-state index contributed by atoms with van der Waals surface area (Å²) in [5.41, 5.74) is 0.226. The van der Waals surface area contributed by atoms with Crippen molar-refractivity contribution in [2.24, 2.45) is 10.8 Å². The highest BCUT2D eigenvalue weighted by molar-refractivity contribution is 5.98. The normalized spacial score (nSPS) is 13.6. The van der Waals surface area contributed by atoms with Gasteiger partial charge in [-0.15, -0.1) is 12.3 Å². The lowest BCUT2D eigenvalue weighted by Crippen LogP contribution is -2.28. The molecular formula is C14H27BO. The van der Waals surface area contributed by atoms with Crippen LogP contribution in [0.25, 0.3) is 0 Å².